The molecule has 1 aliphatic heterocycles. The highest BCUT2D eigenvalue weighted by molar-refractivity contribution is 5.72. The molecule has 0 aliphatic carbocycles. The van der Waals surface area contributed by atoms with Crippen molar-refractivity contribution in [3.63, 3.8) is 0 Å². The molecule has 0 aromatic carbocycles. The van der Waals surface area contributed by atoms with Crippen LogP contribution in [-0.4, -0.2) is 39.8 Å². The summed E-state index contributed by atoms with van der Waals surface area (Å²) in [4.78, 5) is 12.6. The number of aromatic nitrogens is 2. The third kappa shape index (κ3) is 2.26. The molecule has 1 atom stereocenters. The molecule has 88 valence electrons. The van der Waals surface area contributed by atoms with E-state index in [9.17, 15) is 4.79 Å². The normalized spacial score (nSPS) is 20.1. The fraction of sp³-hybridized carbons (Fsp3) is 0.600. The minimum absolute atomic E-state index is 0.280. The highest BCUT2D eigenvalue weighted by Gasteiger charge is 2.24. The van der Waals surface area contributed by atoms with E-state index < -0.39 is 0 Å². The van der Waals surface area contributed by atoms with Crippen molar-refractivity contribution < 1.29 is 4.79 Å². The van der Waals surface area contributed by atoms with Crippen molar-refractivity contribution in [3.8, 4) is 0 Å². The number of urea groups is 1. The summed E-state index contributed by atoms with van der Waals surface area (Å²) in [5.41, 5.74) is 6.22. The summed E-state index contributed by atoms with van der Waals surface area (Å²) in [5, 5.41) is 7.53. The van der Waals surface area contributed by atoms with Crippen LogP contribution in [0.25, 0.3) is 0 Å². The summed E-state index contributed by atoms with van der Waals surface area (Å²) in [7, 11) is 0. The second kappa shape index (κ2) is 4.42. The Hall–Kier alpha value is -1.72. The molecule has 2 amide bonds. The van der Waals surface area contributed by atoms with Crippen LogP contribution in [0.4, 0.5) is 10.5 Å². The van der Waals surface area contributed by atoms with E-state index in [2.05, 4.69) is 10.4 Å². The van der Waals surface area contributed by atoms with Gasteiger partial charge in [0.1, 0.15) is 0 Å². The number of amides is 2. The molecule has 6 heteroatoms. The first kappa shape index (κ1) is 10.8. The fourth-order valence-corrected chi connectivity index (χ4v) is 1.93. The Morgan fingerprint density at radius 3 is 3.12 bits per heavy atom. The first-order valence-electron chi connectivity index (χ1n) is 5.52. The molecule has 6 nitrogen and oxygen atoms in total. The minimum atomic E-state index is -0.339. The number of anilines is 1. The van der Waals surface area contributed by atoms with Gasteiger partial charge in [0.15, 0.2) is 0 Å². The van der Waals surface area contributed by atoms with Crippen molar-refractivity contribution in [1.29, 1.82) is 0 Å². The van der Waals surface area contributed by atoms with E-state index in [0.717, 1.165) is 25.2 Å². The number of aryl methyl sites for hydroxylation is 1. The van der Waals surface area contributed by atoms with Crippen LogP contribution in [0, 0.1) is 0 Å². The molecule has 0 saturated carbocycles. The van der Waals surface area contributed by atoms with Crippen LogP contribution < -0.4 is 11.1 Å². The van der Waals surface area contributed by atoms with Crippen LogP contribution in [0.5, 0.6) is 0 Å². The van der Waals surface area contributed by atoms with E-state index in [0.29, 0.717) is 6.54 Å². The lowest BCUT2D eigenvalue weighted by atomic mass is 10.2. The van der Waals surface area contributed by atoms with Gasteiger partial charge in [-0.1, -0.05) is 0 Å². The standard InChI is InChI=1S/C10H17N5O/c1-2-15-7-9(5-12-15)13-8-3-4-14(6-8)10(11)16/h5,7-8,13H,2-4,6H2,1H3,(H2,11,16)/t8-/m0/s1. The summed E-state index contributed by atoms with van der Waals surface area (Å²) >= 11 is 0. The van der Waals surface area contributed by atoms with Crippen LogP contribution in [0.1, 0.15) is 13.3 Å². The first-order valence-corrected chi connectivity index (χ1v) is 5.52. The number of likely N-dealkylation sites (tertiary alicyclic amines) is 1. The summed E-state index contributed by atoms with van der Waals surface area (Å²) in [6.45, 7) is 4.31. The van der Waals surface area contributed by atoms with Crippen molar-refractivity contribution >= 4 is 11.7 Å². The van der Waals surface area contributed by atoms with E-state index >= 15 is 0 Å². The molecule has 2 rings (SSSR count). The van der Waals surface area contributed by atoms with Gasteiger partial charge in [-0.25, -0.2) is 4.79 Å². The lowest BCUT2D eigenvalue weighted by Gasteiger charge is -2.14. The largest absolute Gasteiger partial charge is 0.378 e. The van der Waals surface area contributed by atoms with Gasteiger partial charge in [-0.3, -0.25) is 4.68 Å². The number of rotatable bonds is 3. The number of nitrogens with zero attached hydrogens (tertiary/aromatic N) is 3. The van der Waals surface area contributed by atoms with E-state index in [-0.39, 0.29) is 12.1 Å². The Labute approximate surface area is 94.4 Å². The molecule has 16 heavy (non-hydrogen) atoms. The smallest absolute Gasteiger partial charge is 0.314 e. The molecule has 0 radical (unpaired) electrons. The fourth-order valence-electron chi connectivity index (χ4n) is 1.93. The zero-order valence-corrected chi connectivity index (χ0v) is 9.39. The maximum absolute atomic E-state index is 11.0. The number of hydrogen-bond donors (Lipinski definition) is 2. The first-order chi connectivity index (χ1) is 7.69. The van der Waals surface area contributed by atoms with Crippen LogP contribution in [0.15, 0.2) is 12.4 Å². The van der Waals surface area contributed by atoms with Gasteiger partial charge >= 0.3 is 6.03 Å². The molecule has 0 bridgehead atoms. The molecule has 1 aliphatic rings. The van der Waals surface area contributed by atoms with Crippen molar-refractivity contribution in [2.45, 2.75) is 25.9 Å². The molecule has 2 heterocycles. The van der Waals surface area contributed by atoms with Gasteiger partial charge in [-0.2, -0.15) is 5.10 Å². The van der Waals surface area contributed by atoms with Gasteiger partial charge in [0.05, 0.1) is 11.9 Å². The second-order valence-corrected chi connectivity index (χ2v) is 4.00. The third-order valence-corrected chi connectivity index (χ3v) is 2.83. The predicted molar refractivity (Wildman–Crippen MR) is 61.1 cm³/mol. The highest BCUT2D eigenvalue weighted by atomic mass is 16.2. The SMILES string of the molecule is CCn1cc(N[C@H]2CCN(C(N)=O)C2)cn1. The van der Waals surface area contributed by atoms with Crippen LogP contribution in [0.3, 0.4) is 0 Å². The number of carbonyl (C=O) groups is 1. The Bertz CT molecular complexity index is 375. The summed E-state index contributed by atoms with van der Waals surface area (Å²) < 4.78 is 1.86. The Morgan fingerprint density at radius 2 is 2.56 bits per heavy atom. The molecule has 0 unspecified atom stereocenters. The van der Waals surface area contributed by atoms with Crippen molar-refractivity contribution in [3.05, 3.63) is 12.4 Å². The van der Waals surface area contributed by atoms with Crippen molar-refractivity contribution in [2.75, 3.05) is 18.4 Å². The topological polar surface area (TPSA) is 76.2 Å². The van der Waals surface area contributed by atoms with Gasteiger partial charge in [0, 0.05) is 31.9 Å². The summed E-state index contributed by atoms with van der Waals surface area (Å²) in [6.07, 6.45) is 4.70. The van der Waals surface area contributed by atoms with Gasteiger partial charge in [0.2, 0.25) is 0 Å². The van der Waals surface area contributed by atoms with Gasteiger partial charge in [0.25, 0.3) is 0 Å². The van der Waals surface area contributed by atoms with Crippen LogP contribution in [-0.2, 0) is 6.54 Å². The zero-order chi connectivity index (χ0) is 11.5. The maximum Gasteiger partial charge on any atom is 0.314 e. The van der Waals surface area contributed by atoms with Gasteiger partial charge in [-0.05, 0) is 13.3 Å². The molecule has 1 aromatic heterocycles. The van der Waals surface area contributed by atoms with Crippen molar-refractivity contribution in [2.24, 2.45) is 5.73 Å². The lowest BCUT2D eigenvalue weighted by Crippen LogP contribution is -2.35. The quantitative estimate of drug-likeness (QED) is 0.782. The zero-order valence-electron chi connectivity index (χ0n) is 9.39. The molecule has 1 saturated heterocycles. The van der Waals surface area contributed by atoms with E-state index in [1.165, 1.54) is 0 Å². The monoisotopic (exact) mass is 223 g/mol. The number of hydrogen-bond acceptors (Lipinski definition) is 3. The molecule has 0 spiro atoms. The molecule has 3 N–H and O–H groups in total. The predicted octanol–water partition coefficient (Wildman–Crippen LogP) is 0.468. The van der Waals surface area contributed by atoms with Gasteiger partial charge in [-0.15, -0.1) is 0 Å². The highest BCUT2D eigenvalue weighted by Crippen LogP contribution is 2.14. The third-order valence-electron chi connectivity index (χ3n) is 2.83. The summed E-state index contributed by atoms with van der Waals surface area (Å²) in [5.74, 6) is 0. The van der Waals surface area contributed by atoms with E-state index in [1.807, 2.05) is 17.8 Å². The lowest BCUT2D eigenvalue weighted by molar-refractivity contribution is 0.218. The number of nitrogens with one attached hydrogen (secondary N) is 1. The van der Waals surface area contributed by atoms with Crippen LogP contribution >= 0.6 is 0 Å². The maximum atomic E-state index is 11.0. The molecular weight excluding hydrogens is 206 g/mol. The Morgan fingerprint density at radius 1 is 1.75 bits per heavy atom. The molecule has 1 fully saturated rings. The van der Waals surface area contributed by atoms with E-state index in [1.54, 1.807) is 11.1 Å². The second-order valence-electron chi connectivity index (χ2n) is 4.00. The minimum Gasteiger partial charge on any atom is -0.378 e. The molecular formula is C10H17N5O. The Balaban J connectivity index is 1.89. The summed E-state index contributed by atoms with van der Waals surface area (Å²) in [6, 6.07) is -0.0597. The number of carbonyl (C=O) groups excluding carboxylic acids is 1. The van der Waals surface area contributed by atoms with E-state index in [4.69, 9.17) is 5.73 Å². The molecule has 1 aromatic rings. The average molecular weight is 223 g/mol. The van der Waals surface area contributed by atoms with Crippen LogP contribution in [0.2, 0.25) is 0 Å². The van der Waals surface area contributed by atoms with Gasteiger partial charge < -0.3 is 16.0 Å². The average Bonchev–Trinajstić information content (AvgIpc) is 2.87. The number of nitrogens with two attached hydrogens (primary N) is 1. The number of primary amides is 1. The Kier molecular flexibility index (Phi) is 2.98. The van der Waals surface area contributed by atoms with Crippen molar-refractivity contribution in [1.82, 2.24) is 14.7 Å².